The van der Waals surface area contributed by atoms with Crippen LogP contribution in [0.5, 0.6) is 0 Å². The van der Waals surface area contributed by atoms with Crippen LogP contribution in [0.4, 0.5) is 4.79 Å². The third kappa shape index (κ3) is 4.25. The Hall–Kier alpha value is -2.67. The monoisotopic (exact) mass is 383 g/mol. The molecule has 1 aromatic carbocycles. The molecule has 0 aliphatic heterocycles. The maximum Gasteiger partial charge on any atom is 0.410 e. The Morgan fingerprint density at radius 2 is 2.00 bits per heavy atom. The first-order chi connectivity index (χ1) is 13.3. The van der Waals surface area contributed by atoms with Gasteiger partial charge in [0.15, 0.2) is 0 Å². The highest BCUT2D eigenvalue weighted by Crippen LogP contribution is 2.26. The van der Waals surface area contributed by atoms with Crippen molar-refractivity contribution in [2.75, 3.05) is 13.1 Å². The molecule has 2 aromatic heterocycles. The van der Waals surface area contributed by atoms with Crippen LogP contribution in [0.25, 0.3) is 21.9 Å². The zero-order valence-corrected chi connectivity index (χ0v) is 17.1. The van der Waals surface area contributed by atoms with E-state index in [9.17, 15) is 4.79 Å². The van der Waals surface area contributed by atoms with Gasteiger partial charge in [-0.05, 0) is 46.7 Å². The van der Waals surface area contributed by atoms with Crippen molar-refractivity contribution in [2.24, 2.45) is 5.73 Å². The lowest BCUT2D eigenvalue weighted by molar-refractivity contribution is 0.0238. The largest absolute Gasteiger partial charge is 0.444 e. The number of hydrogen-bond acceptors (Lipinski definition) is 5. The molecule has 7 heteroatoms. The van der Waals surface area contributed by atoms with Crippen molar-refractivity contribution in [3.63, 3.8) is 0 Å². The van der Waals surface area contributed by atoms with Gasteiger partial charge in [-0.1, -0.05) is 18.2 Å². The Morgan fingerprint density at radius 1 is 1.25 bits per heavy atom. The summed E-state index contributed by atoms with van der Waals surface area (Å²) in [6, 6.07) is 8.03. The first-order valence-corrected chi connectivity index (χ1v) is 9.75. The number of hydrogen-bond donors (Lipinski definition) is 1. The van der Waals surface area contributed by atoms with E-state index in [4.69, 9.17) is 15.5 Å². The molecular weight excluding hydrogens is 354 g/mol. The summed E-state index contributed by atoms with van der Waals surface area (Å²) in [6.45, 7) is 9.78. The summed E-state index contributed by atoms with van der Waals surface area (Å²) >= 11 is 0. The second-order valence-electron chi connectivity index (χ2n) is 7.83. The Labute approximate surface area is 165 Å². The number of imidazole rings is 1. The lowest BCUT2D eigenvalue weighted by Crippen LogP contribution is -2.37. The number of nitrogens with zero attached hydrogens (tertiary/aromatic N) is 4. The second kappa shape index (κ2) is 8.14. The molecule has 3 rings (SSSR count). The minimum absolute atomic E-state index is 0.338. The molecule has 0 spiro atoms. The maximum atomic E-state index is 12.6. The third-order valence-corrected chi connectivity index (χ3v) is 4.51. The van der Waals surface area contributed by atoms with Crippen LogP contribution in [0.15, 0.2) is 30.5 Å². The van der Waals surface area contributed by atoms with Crippen LogP contribution in [0.1, 0.15) is 39.9 Å². The van der Waals surface area contributed by atoms with Crippen LogP contribution in [-0.4, -0.2) is 44.2 Å². The molecule has 0 atom stereocenters. The molecule has 0 saturated carbocycles. The molecule has 0 fully saturated rings. The van der Waals surface area contributed by atoms with Crippen LogP contribution >= 0.6 is 0 Å². The van der Waals surface area contributed by atoms with Gasteiger partial charge in [0.2, 0.25) is 0 Å². The topological polar surface area (TPSA) is 86.3 Å². The zero-order chi connectivity index (χ0) is 20.3. The molecule has 2 heterocycles. The van der Waals surface area contributed by atoms with Crippen molar-refractivity contribution in [3.8, 4) is 0 Å². The first kappa shape index (κ1) is 20.1. The molecular formula is C21H29N5O2. The number of amides is 1. The summed E-state index contributed by atoms with van der Waals surface area (Å²) < 4.78 is 7.71. The second-order valence-corrected chi connectivity index (χ2v) is 7.83. The van der Waals surface area contributed by atoms with E-state index in [0.717, 1.165) is 40.7 Å². The number of aromatic nitrogens is 3. The quantitative estimate of drug-likeness (QED) is 0.701. The standard InChI is InChI=1S/C21H29N5O2/c1-5-25(20(27)28-21(2,3)4)14-18-24-17-13-23-16-10-7-6-9-15(16)19(17)26(18)12-8-11-22/h6-7,9-10,13H,5,8,11-12,14,22H2,1-4H3. The number of carbonyl (C=O) groups is 1. The van der Waals surface area contributed by atoms with Gasteiger partial charge in [-0.15, -0.1) is 0 Å². The number of rotatable bonds is 6. The van der Waals surface area contributed by atoms with Crippen molar-refractivity contribution >= 4 is 28.0 Å². The van der Waals surface area contributed by atoms with Gasteiger partial charge in [0.05, 0.1) is 23.8 Å². The number of pyridine rings is 1. The van der Waals surface area contributed by atoms with E-state index in [2.05, 4.69) is 15.6 Å². The molecule has 0 radical (unpaired) electrons. The maximum absolute atomic E-state index is 12.6. The Morgan fingerprint density at radius 3 is 2.68 bits per heavy atom. The van der Waals surface area contributed by atoms with E-state index in [1.807, 2.05) is 45.9 Å². The fraction of sp³-hybridized carbons (Fsp3) is 0.476. The average Bonchev–Trinajstić information content (AvgIpc) is 3.00. The Bertz CT molecular complexity index is 974. The third-order valence-electron chi connectivity index (χ3n) is 4.51. The molecule has 0 bridgehead atoms. The first-order valence-electron chi connectivity index (χ1n) is 9.75. The normalized spacial score (nSPS) is 11.9. The van der Waals surface area contributed by atoms with Gasteiger partial charge in [0, 0.05) is 18.5 Å². The Kier molecular flexibility index (Phi) is 5.84. The number of fused-ring (bicyclic) bond motifs is 3. The zero-order valence-electron chi connectivity index (χ0n) is 17.1. The number of carbonyl (C=O) groups excluding carboxylic acids is 1. The van der Waals surface area contributed by atoms with Crippen molar-refractivity contribution in [1.82, 2.24) is 19.4 Å². The predicted octanol–water partition coefficient (Wildman–Crippen LogP) is 3.69. The minimum Gasteiger partial charge on any atom is -0.444 e. The molecule has 2 N–H and O–H groups in total. The molecule has 0 aliphatic rings. The lowest BCUT2D eigenvalue weighted by atomic mass is 10.2. The smallest absolute Gasteiger partial charge is 0.410 e. The highest BCUT2D eigenvalue weighted by atomic mass is 16.6. The summed E-state index contributed by atoms with van der Waals surface area (Å²) in [4.78, 5) is 23.6. The average molecular weight is 383 g/mol. The number of aryl methyl sites for hydroxylation is 1. The van der Waals surface area contributed by atoms with Crippen LogP contribution in [-0.2, 0) is 17.8 Å². The molecule has 1 amide bonds. The molecule has 7 nitrogen and oxygen atoms in total. The van der Waals surface area contributed by atoms with E-state index in [1.54, 1.807) is 11.1 Å². The van der Waals surface area contributed by atoms with Crippen molar-refractivity contribution in [1.29, 1.82) is 0 Å². The molecule has 3 aromatic rings. The van der Waals surface area contributed by atoms with Gasteiger partial charge in [0.25, 0.3) is 0 Å². The van der Waals surface area contributed by atoms with Gasteiger partial charge in [-0.3, -0.25) is 4.98 Å². The van der Waals surface area contributed by atoms with Crippen LogP contribution in [0, 0.1) is 0 Å². The summed E-state index contributed by atoms with van der Waals surface area (Å²) in [7, 11) is 0. The Balaban J connectivity index is 2.04. The summed E-state index contributed by atoms with van der Waals surface area (Å²) in [6.07, 6.45) is 2.28. The number of nitrogens with two attached hydrogens (primary N) is 1. The predicted molar refractivity (Wildman–Crippen MR) is 111 cm³/mol. The van der Waals surface area contributed by atoms with E-state index in [0.29, 0.717) is 19.6 Å². The fourth-order valence-corrected chi connectivity index (χ4v) is 3.22. The van der Waals surface area contributed by atoms with Crippen LogP contribution in [0.2, 0.25) is 0 Å². The fourth-order valence-electron chi connectivity index (χ4n) is 3.22. The van der Waals surface area contributed by atoms with Gasteiger partial charge < -0.3 is 19.9 Å². The van der Waals surface area contributed by atoms with Crippen LogP contribution in [0.3, 0.4) is 0 Å². The highest BCUT2D eigenvalue weighted by molar-refractivity contribution is 6.02. The van der Waals surface area contributed by atoms with Crippen LogP contribution < -0.4 is 5.73 Å². The molecule has 0 unspecified atom stereocenters. The number of para-hydroxylation sites is 1. The molecule has 0 aliphatic carbocycles. The van der Waals surface area contributed by atoms with Crippen molar-refractivity contribution in [3.05, 3.63) is 36.3 Å². The molecule has 150 valence electrons. The van der Waals surface area contributed by atoms with Gasteiger partial charge >= 0.3 is 6.09 Å². The summed E-state index contributed by atoms with van der Waals surface area (Å²) in [5.74, 6) is 0.814. The minimum atomic E-state index is -0.537. The van der Waals surface area contributed by atoms with E-state index in [-0.39, 0.29) is 6.09 Å². The number of benzene rings is 1. The summed E-state index contributed by atoms with van der Waals surface area (Å²) in [5.41, 5.74) is 8.02. The molecule has 0 saturated heterocycles. The van der Waals surface area contributed by atoms with E-state index in [1.165, 1.54) is 0 Å². The van der Waals surface area contributed by atoms with Crippen molar-refractivity contribution in [2.45, 2.75) is 52.8 Å². The van der Waals surface area contributed by atoms with E-state index >= 15 is 0 Å². The van der Waals surface area contributed by atoms with Crippen molar-refractivity contribution < 1.29 is 9.53 Å². The van der Waals surface area contributed by atoms with Gasteiger partial charge in [-0.25, -0.2) is 9.78 Å². The SMILES string of the molecule is CCN(Cc1nc2cnc3ccccc3c2n1CCCN)C(=O)OC(C)(C)C. The summed E-state index contributed by atoms with van der Waals surface area (Å²) in [5, 5.41) is 1.05. The molecule has 28 heavy (non-hydrogen) atoms. The van der Waals surface area contributed by atoms with E-state index < -0.39 is 5.60 Å². The number of ether oxygens (including phenoxy) is 1. The van der Waals surface area contributed by atoms with Gasteiger partial charge in [0.1, 0.15) is 16.9 Å². The van der Waals surface area contributed by atoms with Gasteiger partial charge in [-0.2, -0.15) is 0 Å². The lowest BCUT2D eigenvalue weighted by Gasteiger charge is -2.26. The highest BCUT2D eigenvalue weighted by Gasteiger charge is 2.23.